The average Bonchev–Trinajstić information content (AvgIpc) is 3.49. The summed E-state index contributed by atoms with van der Waals surface area (Å²) in [5.74, 6) is 0. The quantitative estimate of drug-likeness (QED) is 0.535. The van der Waals surface area contributed by atoms with Gasteiger partial charge in [0.15, 0.2) is 0 Å². The molecule has 140 valence electrons. The lowest BCUT2D eigenvalue weighted by atomic mass is 10.2. The Kier molecular flexibility index (Phi) is 5.90. The summed E-state index contributed by atoms with van der Waals surface area (Å²) < 4.78 is 14.0. The van der Waals surface area contributed by atoms with Crippen molar-refractivity contribution >= 4 is 0 Å². The van der Waals surface area contributed by atoms with Crippen LogP contribution >= 0.6 is 0 Å². The lowest BCUT2D eigenvalue weighted by Crippen LogP contribution is -2.54. The van der Waals surface area contributed by atoms with E-state index in [-0.39, 0.29) is 12.2 Å². The Hall–Kier alpha value is -1.67. The van der Waals surface area contributed by atoms with E-state index in [0.717, 1.165) is 38.9 Å². The van der Waals surface area contributed by atoms with Crippen molar-refractivity contribution in [3.05, 3.63) is 31.5 Å². The van der Waals surface area contributed by atoms with Crippen LogP contribution in [-0.2, 0) is 29.1 Å². The maximum absolute atomic E-state index is 12.7. The predicted octanol–water partition coefficient (Wildman–Crippen LogP) is 0.330. The first-order chi connectivity index (χ1) is 12.1. The van der Waals surface area contributed by atoms with E-state index in [1.54, 1.807) is 0 Å². The first-order valence-corrected chi connectivity index (χ1v) is 9.29. The van der Waals surface area contributed by atoms with Crippen molar-refractivity contribution < 1.29 is 9.47 Å². The lowest BCUT2D eigenvalue weighted by Gasteiger charge is -2.13. The minimum atomic E-state index is -0.490. The minimum Gasteiger partial charge on any atom is -0.373 e. The predicted molar refractivity (Wildman–Crippen MR) is 92.1 cm³/mol. The molecule has 0 aromatic carbocycles. The highest BCUT2D eigenvalue weighted by Crippen LogP contribution is 2.16. The highest BCUT2D eigenvalue weighted by Gasteiger charge is 2.23. The van der Waals surface area contributed by atoms with Gasteiger partial charge in [0.05, 0.1) is 25.4 Å². The van der Waals surface area contributed by atoms with Gasteiger partial charge in [-0.25, -0.2) is 28.1 Å². The molecule has 1 aromatic rings. The maximum Gasteiger partial charge on any atom is 0.336 e. The summed E-state index contributed by atoms with van der Waals surface area (Å²) in [5, 5.41) is 0. The Balaban J connectivity index is 1.82. The Bertz CT molecular complexity index is 699. The second-order valence-electron chi connectivity index (χ2n) is 6.85. The molecule has 0 radical (unpaired) electrons. The molecule has 3 heterocycles. The van der Waals surface area contributed by atoms with Crippen molar-refractivity contribution in [1.82, 2.24) is 13.7 Å². The Morgan fingerprint density at radius 2 is 1.12 bits per heavy atom. The zero-order chi connectivity index (χ0) is 17.8. The molecule has 2 saturated heterocycles. The number of epoxide rings is 2. The molecule has 2 fully saturated rings. The third-order valence-corrected chi connectivity index (χ3v) is 4.74. The van der Waals surface area contributed by atoms with E-state index in [0.29, 0.717) is 32.5 Å². The van der Waals surface area contributed by atoms with Crippen LogP contribution in [0.3, 0.4) is 0 Å². The SMILES string of the molecule is CCCCn1c(=O)n(CCCC2CO2)c(=O)n(CCCC2CO2)c1=O. The van der Waals surface area contributed by atoms with Crippen LogP contribution in [0.2, 0.25) is 0 Å². The van der Waals surface area contributed by atoms with Crippen LogP contribution in [0.25, 0.3) is 0 Å². The van der Waals surface area contributed by atoms with Gasteiger partial charge in [-0.1, -0.05) is 13.3 Å². The summed E-state index contributed by atoms with van der Waals surface area (Å²) in [5.41, 5.74) is -1.46. The molecule has 2 aliphatic rings. The second-order valence-corrected chi connectivity index (χ2v) is 6.85. The fourth-order valence-electron chi connectivity index (χ4n) is 3.00. The molecular formula is C17H27N3O5. The Morgan fingerprint density at radius 3 is 1.44 bits per heavy atom. The molecule has 2 atom stereocenters. The fourth-order valence-corrected chi connectivity index (χ4v) is 3.00. The van der Waals surface area contributed by atoms with E-state index in [9.17, 15) is 14.4 Å². The normalized spacial score (nSPS) is 21.5. The number of aromatic nitrogens is 3. The molecule has 0 amide bonds. The monoisotopic (exact) mass is 353 g/mol. The van der Waals surface area contributed by atoms with Gasteiger partial charge in [-0.15, -0.1) is 0 Å². The van der Waals surface area contributed by atoms with Crippen molar-refractivity contribution in [2.75, 3.05) is 13.2 Å². The average molecular weight is 353 g/mol. The van der Waals surface area contributed by atoms with E-state index in [2.05, 4.69) is 0 Å². The van der Waals surface area contributed by atoms with Crippen LogP contribution in [-0.4, -0.2) is 39.1 Å². The number of unbranched alkanes of at least 4 members (excludes halogenated alkanes) is 1. The molecule has 3 rings (SSSR count). The summed E-state index contributed by atoms with van der Waals surface area (Å²) in [7, 11) is 0. The van der Waals surface area contributed by atoms with Gasteiger partial charge in [-0.05, 0) is 32.1 Å². The zero-order valence-electron chi connectivity index (χ0n) is 14.8. The van der Waals surface area contributed by atoms with E-state index >= 15 is 0 Å². The van der Waals surface area contributed by atoms with E-state index in [1.807, 2.05) is 6.92 Å². The van der Waals surface area contributed by atoms with Crippen molar-refractivity contribution in [2.45, 2.75) is 77.3 Å². The molecule has 0 N–H and O–H groups in total. The third kappa shape index (κ3) is 4.70. The highest BCUT2D eigenvalue weighted by atomic mass is 16.6. The third-order valence-electron chi connectivity index (χ3n) is 4.74. The first kappa shape index (κ1) is 18.1. The van der Waals surface area contributed by atoms with Gasteiger partial charge >= 0.3 is 17.1 Å². The molecule has 0 saturated carbocycles. The van der Waals surface area contributed by atoms with E-state index in [1.165, 1.54) is 13.7 Å². The number of nitrogens with zero attached hydrogens (tertiary/aromatic N) is 3. The molecule has 8 heteroatoms. The molecule has 2 unspecified atom stereocenters. The van der Waals surface area contributed by atoms with Gasteiger partial charge in [0.2, 0.25) is 0 Å². The summed E-state index contributed by atoms with van der Waals surface area (Å²) in [6, 6.07) is 0. The van der Waals surface area contributed by atoms with Crippen LogP contribution in [0.1, 0.15) is 45.4 Å². The second kappa shape index (κ2) is 8.14. The summed E-state index contributed by atoms with van der Waals surface area (Å²) in [6.45, 7) is 4.54. The van der Waals surface area contributed by atoms with E-state index in [4.69, 9.17) is 9.47 Å². The molecule has 8 nitrogen and oxygen atoms in total. The number of hydrogen-bond donors (Lipinski definition) is 0. The van der Waals surface area contributed by atoms with Gasteiger partial charge in [0.25, 0.3) is 0 Å². The summed E-state index contributed by atoms with van der Waals surface area (Å²) in [6.07, 6.45) is 5.20. The van der Waals surface area contributed by atoms with Gasteiger partial charge in [0.1, 0.15) is 0 Å². The maximum atomic E-state index is 12.7. The van der Waals surface area contributed by atoms with Crippen LogP contribution in [0.15, 0.2) is 14.4 Å². The zero-order valence-corrected chi connectivity index (χ0v) is 14.8. The smallest absolute Gasteiger partial charge is 0.336 e. The van der Waals surface area contributed by atoms with Crippen molar-refractivity contribution in [3.63, 3.8) is 0 Å². The number of ether oxygens (including phenoxy) is 2. The van der Waals surface area contributed by atoms with E-state index < -0.39 is 17.1 Å². The Morgan fingerprint density at radius 1 is 0.760 bits per heavy atom. The van der Waals surface area contributed by atoms with Crippen LogP contribution < -0.4 is 17.1 Å². The molecule has 0 aliphatic carbocycles. The molecule has 0 spiro atoms. The molecular weight excluding hydrogens is 326 g/mol. The number of hydrogen-bond acceptors (Lipinski definition) is 5. The largest absolute Gasteiger partial charge is 0.373 e. The molecule has 1 aromatic heterocycles. The van der Waals surface area contributed by atoms with Gasteiger partial charge in [-0.3, -0.25) is 0 Å². The molecule has 2 aliphatic heterocycles. The Labute approximate surface area is 146 Å². The summed E-state index contributed by atoms with van der Waals surface area (Å²) in [4.78, 5) is 37.9. The molecule has 0 bridgehead atoms. The van der Waals surface area contributed by atoms with Crippen LogP contribution in [0, 0.1) is 0 Å². The fraction of sp³-hybridized carbons (Fsp3) is 0.824. The summed E-state index contributed by atoms with van der Waals surface area (Å²) >= 11 is 0. The van der Waals surface area contributed by atoms with Crippen LogP contribution in [0.4, 0.5) is 0 Å². The highest BCUT2D eigenvalue weighted by molar-refractivity contribution is 4.80. The van der Waals surface area contributed by atoms with Gasteiger partial charge in [0, 0.05) is 19.6 Å². The van der Waals surface area contributed by atoms with Crippen molar-refractivity contribution in [2.24, 2.45) is 0 Å². The standard InChI is InChI=1S/C17H27N3O5/c1-2-3-8-18-15(21)19(9-4-6-13-11-24-13)17(23)20(16(18)22)10-5-7-14-12-25-14/h13-14H,2-12H2,1H3. The van der Waals surface area contributed by atoms with Crippen molar-refractivity contribution in [1.29, 1.82) is 0 Å². The minimum absolute atomic E-state index is 0.266. The number of rotatable bonds is 11. The van der Waals surface area contributed by atoms with Gasteiger partial charge in [-0.2, -0.15) is 0 Å². The lowest BCUT2D eigenvalue weighted by molar-refractivity contribution is 0.367. The van der Waals surface area contributed by atoms with Crippen molar-refractivity contribution in [3.8, 4) is 0 Å². The van der Waals surface area contributed by atoms with Crippen LogP contribution in [0.5, 0.6) is 0 Å². The van der Waals surface area contributed by atoms with Gasteiger partial charge < -0.3 is 9.47 Å². The topological polar surface area (TPSA) is 91.1 Å². The first-order valence-electron chi connectivity index (χ1n) is 9.29. The molecule has 25 heavy (non-hydrogen) atoms.